The Hall–Kier alpha value is 0.648. The first-order valence-corrected chi connectivity index (χ1v) is 4.21. The van der Waals surface area contributed by atoms with Crippen LogP contribution in [0.15, 0.2) is 0 Å². The monoisotopic (exact) mass is 258 g/mol. The first-order chi connectivity index (χ1) is 4.65. The summed E-state index contributed by atoms with van der Waals surface area (Å²) in [5.74, 6) is 1.42. The Balaban J connectivity index is -0.0000000483. The first kappa shape index (κ1) is 22.9. The van der Waals surface area contributed by atoms with Gasteiger partial charge < -0.3 is 18.3 Å². The van der Waals surface area contributed by atoms with Gasteiger partial charge in [-0.15, -0.1) is 0 Å². The minimum Gasteiger partial charge on any atom is -0.412 e. The molecular weight excluding hydrogens is 232 g/mol. The second-order valence-corrected chi connectivity index (χ2v) is 3.06. The zero-order chi connectivity index (χ0) is 8.41. The normalized spacial score (nSPS) is 7.50. The summed E-state index contributed by atoms with van der Waals surface area (Å²) < 4.78 is 0. The van der Waals surface area contributed by atoms with Crippen molar-refractivity contribution in [3.63, 3.8) is 0 Å². The molecule has 0 spiro atoms. The van der Waals surface area contributed by atoms with Crippen LogP contribution in [-0.2, 0) is 21.1 Å². The third-order valence-corrected chi connectivity index (χ3v) is 0.854. The summed E-state index contributed by atoms with van der Waals surface area (Å²) in [5.41, 5.74) is 0. The number of unbranched alkanes of at least 4 members (excludes halogenated alkanes) is 3. The molecule has 0 aliphatic carbocycles. The first-order valence-electron chi connectivity index (χ1n) is 4.21. The quantitative estimate of drug-likeness (QED) is 0.422. The van der Waals surface area contributed by atoms with Gasteiger partial charge in [0.25, 0.3) is 0 Å². The van der Waals surface area contributed by atoms with E-state index in [0.29, 0.717) is 0 Å². The van der Waals surface area contributed by atoms with Crippen molar-refractivity contribution < 1.29 is 26.5 Å². The molecule has 0 unspecified atom stereocenters. The van der Waals surface area contributed by atoms with Crippen LogP contribution in [0, 0.1) is 12.8 Å². The summed E-state index contributed by atoms with van der Waals surface area (Å²) in [6.45, 7) is 12.2. The smallest absolute Gasteiger partial charge is 0.412 e. The van der Waals surface area contributed by atoms with Crippen molar-refractivity contribution in [3.8, 4) is 0 Å². The van der Waals surface area contributed by atoms with Crippen molar-refractivity contribution in [1.29, 1.82) is 0 Å². The fourth-order valence-corrected chi connectivity index (χ4v) is 0.427. The van der Waals surface area contributed by atoms with Crippen molar-refractivity contribution in [2.75, 3.05) is 0 Å². The summed E-state index contributed by atoms with van der Waals surface area (Å²) in [4.78, 5) is 0. The van der Waals surface area contributed by atoms with Gasteiger partial charge in [-0.3, -0.25) is 0 Å². The summed E-state index contributed by atoms with van der Waals surface area (Å²) in [7, 11) is 0. The summed E-state index contributed by atoms with van der Waals surface area (Å²) >= 11 is 0. The predicted octanol–water partition coefficient (Wildman–Crippen LogP) is 3.19. The standard InChI is InChI=1S/C6H13.C4H9.Mo.H2O/c1-3-5-6-4-2;1-4(2)3;;/h1,3-6H2,2H3;1-3H3;;1H2/q2*-1;+2;. The van der Waals surface area contributed by atoms with Crippen LogP contribution in [0.1, 0.15) is 53.4 Å². The van der Waals surface area contributed by atoms with Gasteiger partial charge in [0.05, 0.1) is 0 Å². The molecule has 0 aliphatic heterocycles. The third-order valence-electron chi connectivity index (χ3n) is 0.854. The van der Waals surface area contributed by atoms with E-state index in [1.807, 2.05) is 0 Å². The van der Waals surface area contributed by atoms with Crippen molar-refractivity contribution in [1.82, 2.24) is 0 Å². The van der Waals surface area contributed by atoms with Crippen LogP contribution in [0.5, 0.6) is 0 Å². The molecule has 0 radical (unpaired) electrons. The molecule has 0 saturated carbocycles. The fraction of sp³-hybridized carbons (Fsp3) is 0.800. The molecule has 0 atom stereocenters. The Morgan fingerprint density at radius 2 is 1.42 bits per heavy atom. The maximum absolute atomic E-state index is 3.72. The largest absolute Gasteiger partial charge is 2.00 e. The molecule has 2 N–H and O–H groups in total. The molecule has 0 aromatic carbocycles. The van der Waals surface area contributed by atoms with Crippen LogP contribution >= 0.6 is 0 Å². The molecular formula is C10H24MoO. The molecule has 0 bridgehead atoms. The van der Waals surface area contributed by atoms with E-state index in [0.717, 1.165) is 6.42 Å². The molecule has 0 saturated heterocycles. The van der Waals surface area contributed by atoms with Gasteiger partial charge >= 0.3 is 21.1 Å². The maximum atomic E-state index is 3.72. The van der Waals surface area contributed by atoms with Crippen molar-refractivity contribution in [3.05, 3.63) is 12.8 Å². The van der Waals surface area contributed by atoms with Gasteiger partial charge in [-0.1, -0.05) is 26.2 Å². The average molecular weight is 256 g/mol. The Labute approximate surface area is 92.9 Å². The van der Waals surface area contributed by atoms with Gasteiger partial charge in [-0.05, 0) is 0 Å². The Morgan fingerprint density at radius 3 is 1.50 bits per heavy atom. The predicted molar refractivity (Wildman–Crippen MR) is 53.4 cm³/mol. The van der Waals surface area contributed by atoms with E-state index in [2.05, 4.69) is 34.6 Å². The Morgan fingerprint density at radius 1 is 1.08 bits per heavy atom. The Kier molecular flexibility index (Phi) is 43.2. The molecule has 0 amide bonds. The summed E-state index contributed by atoms with van der Waals surface area (Å²) in [6.07, 6.45) is 5.07. The van der Waals surface area contributed by atoms with Gasteiger partial charge in [-0.2, -0.15) is 27.2 Å². The van der Waals surface area contributed by atoms with Crippen molar-refractivity contribution in [2.45, 2.75) is 53.4 Å². The third kappa shape index (κ3) is 74.5. The minimum absolute atomic E-state index is 0. The topological polar surface area (TPSA) is 31.5 Å². The fourth-order valence-electron chi connectivity index (χ4n) is 0.427. The zero-order valence-corrected chi connectivity index (χ0v) is 11.0. The van der Waals surface area contributed by atoms with Gasteiger partial charge in [0.1, 0.15) is 0 Å². The van der Waals surface area contributed by atoms with E-state index in [9.17, 15) is 0 Å². The minimum atomic E-state index is 0. The molecule has 0 aromatic rings. The van der Waals surface area contributed by atoms with E-state index < -0.39 is 0 Å². The number of rotatable bonds is 3. The molecule has 12 heavy (non-hydrogen) atoms. The van der Waals surface area contributed by atoms with Gasteiger partial charge in [0.2, 0.25) is 0 Å². The van der Waals surface area contributed by atoms with Crippen LogP contribution in [0.25, 0.3) is 0 Å². The molecule has 1 nitrogen and oxygen atoms in total. The van der Waals surface area contributed by atoms with Gasteiger partial charge in [0.15, 0.2) is 0 Å². The van der Waals surface area contributed by atoms with Crippen LogP contribution in [-0.4, -0.2) is 5.48 Å². The van der Waals surface area contributed by atoms with E-state index in [4.69, 9.17) is 0 Å². The molecule has 0 heterocycles. The second-order valence-electron chi connectivity index (χ2n) is 3.06. The molecule has 0 fully saturated rings. The second kappa shape index (κ2) is 22.6. The SMILES string of the molecule is C[C-](C)C.O.[CH2-]CCCCC.[Mo+2]. The molecule has 0 aromatic heterocycles. The molecule has 2 heteroatoms. The van der Waals surface area contributed by atoms with Crippen LogP contribution in [0.2, 0.25) is 0 Å². The molecule has 0 aliphatic rings. The van der Waals surface area contributed by atoms with Gasteiger partial charge in [0, 0.05) is 0 Å². The average Bonchev–Trinajstić information content (AvgIpc) is 1.82. The van der Waals surface area contributed by atoms with Crippen LogP contribution in [0.4, 0.5) is 0 Å². The Bertz CT molecular complexity index is 40.3. The maximum Gasteiger partial charge on any atom is 2.00 e. The zero-order valence-electron chi connectivity index (χ0n) is 8.94. The van der Waals surface area contributed by atoms with Crippen LogP contribution in [0.3, 0.4) is 0 Å². The van der Waals surface area contributed by atoms with E-state index in [1.54, 1.807) is 0 Å². The van der Waals surface area contributed by atoms with Crippen molar-refractivity contribution >= 4 is 0 Å². The molecule has 76 valence electrons. The van der Waals surface area contributed by atoms with Gasteiger partial charge in [-0.25, -0.2) is 0 Å². The molecule has 0 rings (SSSR count). The van der Waals surface area contributed by atoms with E-state index in [-0.39, 0.29) is 26.5 Å². The summed E-state index contributed by atoms with van der Waals surface area (Å²) in [6, 6.07) is 0. The van der Waals surface area contributed by atoms with Crippen molar-refractivity contribution in [2.24, 2.45) is 0 Å². The van der Waals surface area contributed by atoms with E-state index in [1.165, 1.54) is 25.2 Å². The van der Waals surface area contributed by atoms with E-state index >= 15 is 0 Å². The number of hydrogen-bond acceptors (Lipinski definition) is 0. The van der Waals surface area contributed by atoms with Crippen LogP contribution < -0.4 is 0 Å². The summed E-state index contributed by atoms with van der Waals surface area (Å²) in [5, 5.41) is 0. The number of hydrogen-bond donors (Lipinski definition) is 0.